The number of anilines is 1. The van der Waals surface area contributed by atoms with Crippen LogP contribution in [0, 0.1) is 11.7 Å². The highest BCUT2D eigenvalue weighted by molar-refractivity contribution is 5.45. The fraction of sp³-hybridized carbons (Fsp3) is 0.625. The third-order valence-corrected chi connectivity index (χ3v) is 4.65. The van der Waals surface area contributed by atoms with Crippen molar-refractivity contribution in [3.05, 3.63) is 30.1 Å². The number of hydrogen-bond acceptors (Lipinski definition) is 2. The maximum atomic E-state index is 13.8. The molecule has 1 aromatic rings. The Hall–Kier alpha value is -1.09. The molecule has 2 nitrogen and oxygen atoms in total. The van der Waals surface area contributed by atoms with E-state index in [4.69, 9.17) is 0 Å². The van der Waals surface area contributed by atoms with Gasteiger partial charge in [0.25, 0.3) is 0 Å². The topological polar surface area (TPSA) is 24.1 Å². The summed E-state index contributed by atoms with van der Waals surface area (Å²) in [6, 6.07) is 8.08. The van der Waals surface area contributed by atoms with Crippen molar-refractivity contribution in [3.63, 3.8) is 0 Å². The van der Waals surface area contributed by atoms with Gasteiger partial charge in [0.05, 0.1) is 5.69 Å². The second-order valence-corrected chi connectivity index (χ2v) is 5.88. The molecule has 1 aromatic carbocycles. The Labute approximate surface area is 114 Å². The molecule has 104 valence electrons. The van der Waals surface area contributed by atoms with Gasteiger partial charge in [0.2, 0.25) is 0 Å². The summed E-state index contributed by atoms with van der Waals surface area (Å²) in [4.78, 5) is 0. The zero-order valence-electron chi connectivity index (χ0n) is 11.4. The molecule has 2 N–H and O–H groups in total. The van der Waals surface area contributed by atoms with Gasteiger partial charge in [-0.15, -0.1) is 0 Å². The molecule has 1 aliphatic heterocycles. The van der Waals surface area contributed by atoms with Crippen LogP contribution in [-0.2, 0) is 0 Å². The molecule has 0 spiro atoms. The van der Waals surface area contributed by atoms with Crippen LogP contribution in [0.1, 0.15) is 38.5 Å². The van der Waals surface area contributed by atoms with Gasteiger partial charge in [0.1, 0.15) is 5.82 Å². The van der Waals surface area contributed by atoms with Crippen molar-refractivity contribution in [2.24, 2.45) is 5.92 Å². The average Bonchev–Trinajstić information content (AvgIpc) is 2.96. The SMILES string of the molecule is Fc1ccccc1NC1CCCCC1C1CCCN1. The zero-order valence-corrected chi connectivity index (χ0v) is 11.4. The molecule has 1 heterocycles. The summed E-state index contributed by atoms with van der Waals surface area (Å²) in [5.74, 6) is 0.516. The number of benzene rings is 1. The van der Waals surface area contributed by atoms with E-state index in [1.165, 1.54) is 38.2 Å². The van der Waals surface area contributed by atoms with Crippen LogP contribution in [0.25, 0.3) is 0 Å². The Morgan fingerprint density at radius 3 is 2.68 bits per heavy atom. The van der Waals surface area contributed by atoms with E-state index in [0.29, 0.717) is 23.7 Å². The Kier molecular flexibility index (Phi) is 4.02. The highest BCUT2D eigenvalue weighted by Gasteiger charge is 2.33. The smallest absolute Gasteiger partial charge is 0.146 e. The van der Waals surface area contributed by atoms with Gasteiger partial charge >= 0.3 is 0 Å². The quantitative estimate of drug-likeness (QED) is 0.870. The van der Waals surface area contributed by atoms with Crippen LogP contribution in [-0.4, -0.2) is 18.6 Å². The van der Waals surface area contributed by atoms with Gasteiger partial charge in [0.15, 0.2) is 0 Å². The van der Waals surface area contributed by atoms with Gasteiger partial charge in [-0.05, 0) is 50.3 Å². The van der Waals surface area contributed by atoms with Crippen LogP contribution in [0.3, 0.4) is 0 Å². The third-order valence-electron chi connectivity index (χ3n) is 4.65. The summed E-state index contributed by atoms with van der Waals surface area (Å²) in [7, 11) is 0. The fourth-order valence-corrected chi connectivity index (χ4v) is 3.68. The lowest BCUT2D eigenvalue weighted by Crippen LogP contribution is -2.43. The molecule has 1 saturated heterocycles. The van der Waals surface area contributed by atoms with Gasteiger partial charge in [-0.25, -0.2) is 4.39 Å². The Morgan fingerprint density at radius 2 is 1.89 bits per heavy atom. The first-order valence-electron chi connectivity index (χ1n) is 7.59. The molecule has 0 radical (unpaired) electrons. The molecule has 3 atom stereocenters. The summed E-state index contributed by atoms with van der Waals surface area (Å²) in [5.41, 5.74) is 0.664. The van der Waals surface area contributed by atoms with E-state index in [2.05, 4.69) is 10.6 Å². The van der Waals surface area contributed by atoms with E-state index in [1.54, 1.807) is 6.07 Å². The minimum atomic E-state index is -0.133. The lowest BCUT2D eigenvalue weighted by molar-refractivity contribution is 0.262. The summed E-state index contributed by atoms with van der Waals surface area (Å²) in [6.45, 7) is 1.15. The molecule has 1 aliphatic carbocycles. The molecule has 3 heteroatoms. The van der Waals surface area contributed by atoms with E-state index in [-0.39, 0.29) is 5.82 Å². The molecule has 2 aliphatic rings. The minimum Gasteiger partial charge on any atom is -0.380 e. The van der Waals surface area contributed by atoms with E-state index in [0.717, 1.165) is 13.0 Å². The lowest BCUT2D eigenvalue weighted by Gasteiger charge is -2.36. The van der Waals surface area contributed by atoms with Crippen LogP contribution >= 0.6 is 0 Å². The average molecular weight is 262 g/mol. The molecule has 0 bridgehead atoms. The van der Waals surface area contributed by atoms with Crippen LogP contribution in [0.15, 0.2) is 24.3 Å². The normalized spacial score (nSPS) is 31.3. The molecule has 1 saturated carbocycles. The molecule has 19 heavy (non-hydrogen) atoms. The monoisotopic (exact) mass is 262 g/mol. The zero-order chi connectivity index (χ0) is 13.1. The summed E-state index contributed by atoms with van der Waals surface area (Å²) in [6.07, 6.45) is 7.57. The van der Waals surface area contributed by atoms with Crippen LogP contribution in [0.2, 0.25) is 0 Å². The van der Waals surface area contributed by atoms with Crippen molar-refractivity contribution in [3.8, 4) is 0 Å². The van der Waals surface area contributed by atoms with Crippen molar-refractivity contribution >= 4 is 5.69 Å². The maximum absolute atomic E-state index is 13.8. The predicted molar refractivity (Wildman–Crippen MR) is 76.8 cm³/mol. The van der Waals surface area contributed by atoms with Gasteiger partial charge < -0.3 is 10.6 Å². The first-order valence-corrected chi connectivity index (χ1v) is 7.59. The minimum absolute atomic E-state index is 0.133. The van der Waals surface area contributed by atoms with Gasteiger partial charge in [-0.2, -0.15) is 0 Å². The number of hydrogen-bond donors (Lipinski definition) is 2. The molecular weight excluding hydrogens is 239 g/mol. The lowest BCUT2D eigenvalue weighted by atomic mass is 9.79. The van der Waals surface area contributed by atoms with E-state index in [1.807, 2.05) is 12.1 Å². The number of halogens is 1. The second kappa shape index (κ2) is 5.91. The van der Waals surface area contributed by atoms with Crippen molar-refractivity contribution in [1.29, 1.82) is 0 Å². The molecule has 3 unspecified atom stereocenters. The number of para-hydroxylation sites is 1. The standard InChI is InChI=1S/C16H23FN2/c17-13-7-2-4-9-16(13)19-15-8-3-1-6-12(15)14-10-5-11-18-14/h2,4,7,9,12,14-15,18-19H,1,3,5-6,8,10-11H2. The molecular formula is C16H23FN2. The van der Waals surface area contributed by atoms with Crippen molar-refractivity contribution in [1.82, 2.24) is 5.32 Å². The van der Waals surface area contributed by atoms with E-state index in [9.17, 15) is 4.39 Å². The van der Waals surface area contributed by atoms with E-state index < -0.39 is 0 Å². The molecule has 0 amide bonds. The Morgan fingerprint density at radius 1 is 1.05 bits per heavy atom. The summed E-state index contributed by atoms with van der Waals surface area (Å²) < 4.78 is 13.8. The highest BCUT2D eigenvalue weighted by atomic mass is 19.1. The Bertz CT molecular complexity index is 415. The number of nitrogens with one attached hydrogen (secondary N) is 2. The summed E-state index contributed by atoms with van der Waals surface area (Å²) >= 11 is 0. The fourth-order valence-electron chi connectivity index (χ4n) is 3.68. The van der Waals surface area contributed by atoms with Crippen LogP contribution in [0.5, 0.6) is 0 Å². The molecule has 3 rings (SSSR count). The van der Waals surface area contributed by atoms with Gasteiger partial charge in [0, 0.05) is 12.1 Å². The second-order valence-electron chi connectivity index (χ2n) is 5.88. The number of rotatable bonds is 3. The largest absolute Gasteiger partial charge is 0.380 e. The van der Waals surface area contributed by atoms with Crippen LogP contribution in [0.4, 0.5) is 10.1 Å². The van der Waals surface area contributed by atoms with Crippen molar-refractivity contribution in [2.45, 2.75) is 50.6 Å². The Balaban J connectivity index is 1.71. The predicted octanol–water partition coefficient (Wildman–Crippen LogP) is 3.55. The maximum Gasteiger partial charge on any atom is 0.146 e. The van der Waals surface area contributed by atoms with Crippen molar-refractivity contribution < 1.29 is 4.39 Å². The summed E-state index contributed by atoms with van der Waals surface area (Å²) in [5, 5.41) is 7.08. The van der Waals surface area contributed by atoms with Crippen LogP contribution < -0.4 is 10.6 Å². The third kappa shape index (κ3) is 2.92. The highest BCUT2D eigenvalue weighted by Crippen LogP contribution is 2.33. The van der Waals surface area contributed by atoms with Gasteiger partial charge in [-0.3, -0.25) is 0 Å². The first-order chi connectivity index (χ1) is 9.34. The van der Waals surface area contributed by atoms with Crippen molar-refractivity contribution in [2.75, 3.05) is 11.9 Å². The van der Waals surface area contributed by atoms with E-state index >= 15 is 0 Å². The first kappa shape index (κ1) is 12.9. The molecule has 2 fully saturated rings. The van der Waals surface area contributed by atoms with Gasteiger partial charge in [-0.1, -0.05) is 25.0 Å². The molecule has 0 aromatic heterocycles.